The van der Waals surface area contributed by atoms with Crippen molar-refractivity contribution in [3.63, 3.8) is 0 Å². The van der Waals surface area contributed by atoms with E-state index in [2.05, 4.69) is 12.2 Å². The Bertz CT molecular complexity index is 556. The summed E-state index contributed by atoms with van der Waals surface area (Å²) in [6.07, 6.45) is 8.39. The molecule has 4 aliphatic rings. The van der Waals surface area contributed by atoms with Crippen LogP contribution in [0.25, 0.3) is 0 Å². The lowest BCUT2D eigenvalue weighted by Gasteiger charge is -2.59. The van der Waals surface area contributed by atoms with Crippen LogP contribution in [0.4, 0.5) is 0 Å². The summed E-state index contributed by atoms with van der Waals surface area (Å²) < 4.78 is 0. The molecule has 5 rings (SSSR count). The lowest BCUT2D eigenvalue weighted by Crippen LogP contribution is -2.55. The van der Waals surface area contributed by atoms with Crippen LogP contribution in [-0.2, 0) is 0 Å². The van der Waals surface area contributed by atoms with E-state index in [1.165, 1.54) is 38.5 Å². The van der Waals surface area contributed by atoms with Gasteiger partial charge in [0.25, 0.3) is 5.91 Å². The molecule has 4 fully saturated rings. The monoisotopic (exact) mass is 297 g/mol. The molecule has 4 aliphatic carbocycles. The summed E-state index contributed by atoms with van der Waals surface area (Å²) in [5, 5.41) is 3.36. The van der Waals surface area contributed by atoms with Crippen molar-refractivity contribution in [3.8, 4) is 0 Å². The maximum absolute atomic E-state index is 12.7. The molecule has 0 spiro atoms. The van der Waals surface area contributed by atoms with Gasteiger partial charge in [-0.1, -0.05) is 18.2 Å². The summed E-state index contributed by atoms with van der Waals surface area (Å²) in [5.41, 5.74) is 2.28. The molecule has 2 heteroatoms. The number of amides is 1. The predicted octanol–water partition coefficient (Wildman–Crippen LogP) is 4.33. The summed E-state index contributed by atoms with van der Waals surface area (Å²) in [6.45, 7) is 4.27. The van der Waals surface area contributed by atoms with Crippen molar-refractivity contribution in [2.24, 2.45) is 23.2 Å². The van der Waals surface area contributed by atoms with Crippen molar-refractivity contribution >= 4 is 5.91 Å². The second-order valence-corrected chi connectivity index (χ2v) is 8.29. The lowest BCUT2D eigenvalue weighted by atomic mass is 9.48. The van der Waals surface area contributed by atoms with E-state index in [1.807, 2.05) is 31.2 Å². The molecule has 0 radical (unpaired) electrons. The Morgan fingerprint density at radius 1 is 1.09 bits per heavy atom. The van der Waals surface area contributed by atoms with Gasteiger partial charge >= 0.3 is 0 Å². The van der Waals surface area contributed by atoms with Crippen molar-refractivity contribution in [1.29, 1.82) is 0 Å². The lowest BCUT2D eigenvalue weighted by molar-refractivity contribution is -0.0688. The van der Waals surface area contributed by atoms with Gasteiger partial charge in [-0.3, -0.25) is 4.79 Å². The van der Waals surface area contributed by atoms with Crippen molar-refractivity contribution in [2.45, 2.75) is 58.4 Å². The van der Waals surface area contributed by atoms with Crippen LogP contribution in [-0.4, -0.2) is 11.9 Å². The van der Waals surface area contributed by atoms with E-state index in [4.69, 9.17) is 0 Å². The number of carbonyl (C=O) groups is 1. The SMILES string of the molecule is Cc1ccccc1C(=O)N[C@H](C)C12CC3CC(CC(C3)C1)C2. The van der Waals surface area contributed by atoms with Gasteiger partial charge in [-0.05, 0) is 87.2 Å². The Labute approximate surface area is 133 Å². The van der Waals surface area contributed by atoms with Crippen molar-refractivity contribution in [3.05, 3.63) is 35.4 Å². The third-order valence-corrected chi connectivity index (χ3v) is 6.74. The van der Waals surface area contributed by atoms with Gasteiger partial charge in [0.15, 0.2) is 0 Å². The van der Waals surface area contributed by atoms with Gasteiger partial charge in [0.2, 0.25) is 0 Å². The minimum Gasteiger partial charge on any atom is -0.349 e. The number of hydrogen-bond donors (Lipinski definition) is 1. The molecule has 1 aromatic carbocycles. The van der Waals surface area contributed by atoms with Crippen LogP contribution in [0.2, 0.25) is 0 Å². The third kappa shape index (κ3) is 2.28. The van der Waals surface area contributed by atoms with E-state index in [9.17, 15) is 4.79 Å². The van der Waals surface area contributed by atoms with Crippen LogP contribution >= 0.6 is 0 Å². The molecule has 0 aliphatic heterocycles. The molecule has 0 aromatic heterocycles. The summed E-state index contributed by atoms with van der Waals surface area (Å²) in [5.74, 6) is 2.92. The summed E-state index contributed by atoms with van der Waals surface area (Å²) in [7, 11) is 0. The average molecular weight is 297 g/mol. The fourth-order valence-electron chi connectivity index (χ4n) is 5.96. The van der Waals surface area contributed by atoms with E-state index in [-0.39, 0.29) is 5.91 Å². The highest BCUT2D eigenvalue weighted by molar-refractivity contribution is 5.95. The highest BCUT2D eigenvalue weighted by atomic mass is 16.1. The molecule has 1 aromatic rings. The van der Waals surface area contributed by atoms with E-state index < -0.39 is 0 Å². The van der Waals surface area contributed by atoms with E-state index in [0.717, 1.165) is 28.9 Å². The Balaban J connectivity index is 1.52. The van der Waals surface area contributed by atoms with Crippen LogP contribution < -0.4 is 5.32 Å². The van der Waals surface area contributed by atoms with E-state index in [1.54, 1.807) is 0 Å². The van der Waals surface area contributed by atoms with Crippen LogP contribution in [0.5, 0.6) is 0 Å². The normalized spacial score (nSPS) is 37.1. The van der Waals surface area contributed by atoms with Crippen LogP contribution in [0.1, 0.15) is 61.4 Å². The fourth-order valence-corrected chi connectivity index (χ4v) is 5.96. The minimum atomic E-state index is 0.112. The number of benzene rings is 1. The molecule has 0 saturated heterocycles. The van der Waals surface area contributed by atoms with Crippen LogP contribution in [0.3, 0.4) is 0 Å². The Hall–Kier alpha value is -1.31. The standard InChI is InChI=1S/C20H27NO/c1-13-5-3-4-6-18(13)19(22)21-14(2)20-10-15-7-16(11-20)9-17(8-15)12-20/h3-6,14-17H,7-12H2,1-2H3,(H,21,22)/t14-,15?,16?,17?,20?/m1/s1. The first kappa shape index (κ1) is 14.3. The molecule has 0 unspecified atom stereocenters. The molecule has 2 nitrogen and oxygen atoms in total. The molecule has 118 valence electrons. The second-order valence-electron chi connectivity index (χ2n) is 8.29. The van der Waals surface area contributed by atoms with Gasteiger partial charge in [0.1, 0.15) is 0 Å². The zero-order valence-corrected chi connectivity index (χ0v) is 13.8. The molecule has 1 amide bonds. The summed E-state index contributed by atoms with van der Waals surface area (Å²) in [4.78, 5) is 12.7. The fraction of sp³-hybridized carbons (Fsp3) is 0.650. The van der Waals surface area contributed by atoms with Gasteiger partial charge in [0.05, 0.1) is 0 Å². The minimum absolute atomic E-state index is 0.112. The topological polar surface area (TPSA) is 29.1 Å². The van der Waals surface area contributed by atoms with Crippen LogP contribution in [0.15, 0.2) is 24.3 Å². The zero-order valence-electron chi connectivity index (χ0n) is 13.8. The van der Waals surface area contributed by atoms with E-state index in [0.29, 0.717) is 11.5 Å². The number of nitrogens with one attached hydrogen (secondary N) is 1. The van der Waals surface area contributed by atoms with Crippen molar-refractivity contribution in [1.82, 2.24) is 5.32 Å². The zero-order chi connectivity index (χ0) is 15.3. The van der Waals surface area contributed by atoms with Crippen molar-refractivity contribution in [2.75, 3.05) is 0 Å². The summed E-state index contributed by atoms with van der Waals surface area (Å²) in [6, 6.07) is 8.21. The number of rotatable bonds is 3. The molecular weight excluding hydrogens is 270 g/mol. The summed E-state index contributed by atoms with van der Waals surface area (Å²) >= 11 is 0. The molecule has 4 saturated carbocycles. The molecule has 1 N–H and O–H groups in total. The second kappa shape index (κ2) is 5.11. The first-order chi connectivity index (χ1) is 10.6. The Morgan fingerprint density at radius 2 is 1.64 bits per heavy atom. The molecule has 1 atom stereocenters. The molecule has 22 heavy (non-hydrogen) atoms. The molecule has 4 bridgehead atoms. The van der Waals surface area contributed by atoms with Gasteiger partial charge in [0, 0.05) is 11.6 Å². The number of carbonyl (C=O) groups excluding carboxylic acids is 1. The quantitative estimate of drug-likeness (QED) is 0.884. The maximum Gasteiger partial charge on any atom is 0.251 e. The van der Waals surface area contributed by atoms with Gasteiger partial charge in [-0.15, -0.1) is 0 Å². The third-order valence-electron chi connectivity index (χ3n) is 6.74. The number of hydrogen-bond acceptors (Lipinski definition) is 1. The van der Waals surface area contributed by atoms with Gasteiger partial charge < -0.3 is 5.32 Å². The highest BCUT2D eigenvalue weighted by Crippen LogP contribution is 2.61. The highest BCUT2D eigenvalue weighted by Gasteiger charge is 2.53. The van der Waals surface area contributed by atoms with Crippen molar-refractivity contribution < 1.29 is 4.79 Å². The van der Waals surface area contributed by atoms with Gasteiger partial charge in [-0.25, -0.2) is 0 Å². The Kier molecular flexibility index (Phi) is 3.32. The largest absolute Gasteiger partial charge is 0.349 e. The van der Waals surface area contributed by atoms with E-state index >= 15 is 0 Å². The first-order valence-electron chi connectivity index (χ1n) is 8.92. The maximum atomic E-state index is 12.7. The molecular formula is C20H27NO. The van der Waals surface area contributed by atoms with Gasteiger partial charge in [-0.2, -0.15) is 0 Å². The smallest absolute Gasteiger partial charge is 0.251 e. The number of aryl methyl sites for hydroxylation is 1. The first-order valence-corrected chi connectivity index (χ1v) is 8.92. The average Bonchev–Trinajstić information content (AvgIpc) is 2.46. The molecule has 0 heterocycles. The Morgan fingerprint density at radius 3 is 2.18 bits per heavy atom. The predicted molar refractivity (Wildman–Crippen MR) is 88.7 cm³/mol. The van der Waals surface area contributed by atoms with Crippen LogP contribution in [0, 0.1) is 30.1 Å².